The van der Waals surface area contributed by atoms with Crippen LogP contribution < -0.4 is 9.46 Å². The van der Waals surface area contributed by atoms with E-state index in [0.29, 0.717) is 0 Å². The van der Waals surface area contributed by atoms with Crippen LogP contribution in [0.5, 0.6) is 5.75 Å². The third-order valence-corrected chi connectivity index (χ3v) is 4.18. The van der Waals surface area contributed by atoms with Crippen LogP contribution >= 0.6 is 0 Å². The van der Waals surface area contributed by atoms with Gasteiger partial charge in [0.25, 0.3) is 0 Å². The van der Waals surface area contributed by atoms with E-state index < -0.39 is 15.6 Å². The monoisotopic (exact) mass is 257 g/mol. The molecule has 0 aliphatic heterocycles. The number of benzene rings is 1. The molecule has 0 heterocycles. The van der Waals surface area contributed by atoms with Gasteiger partial charge in [0, 0.05) is 0 Å². The maximum absolute atomic E-state index is 11.6. The van der Waals surface area contributed by atoms with E-state index in [0.717, 1.165) is 11.3 Å². The Kier molecular flexibility index (Phi) is 4.16. The maximum Gasteiger partial charge on any atom is 0.212 e. The van der Waals surface area contributed by atoms with Crippen LogP contribution in [0.1, 0.15) is 26.3 Å². The first kappa shape index (κ1) is 14.0. The zero-order valence-electron chi connectivity index (χ0n) is 10.6. The molecule has 1 rings (SSSR count). The van der Waals surface area contributed by atoms with E-state index in [1.54, 1.807) is 14.0 Å². The molecule has 0 unspecified atom stereocenters. The van der Waals surface area contributed by atoms with E-state index in [9.17, 15) is 8.42 Å². The smallest absolute Gasteiger partial charge is 0.212 e. The largest absolute Gasteiger partial charge is 0.497 e. The van der Waals surface area contributed by atoms with Gasteiger partial charge in [-0.2, -0.15) is 0 Å². The number of sulfonamides is 1. The summed E-state index contributed by atoms with van der Waals surface area (Å²) in [6, 6.07) is 7.35. The number of hydrogen-bond acceptors (Lipinski definition) is 3. The van der Waals surface area contributed by atoms with Crippen LogP contribution in [-0.2, 0) is 15.6 Å². The van der Waals surface area contributed by atoms with E-state index in [2.05, 4.69) is 4.72 Å². The second-order valence-electron chi connectivity index (χ2n) is 4.36. The summed E-state index contributed by atoms with van der Waals surface area (Å²) in [5, 5.41) is 0. The van der Waals surface area contributed by atoms with Crippen molar-refractivity contribution in [2.24, 2.45) is 0 Å². The van der Waals surface area contributed by atoms with Crippen LogP contribution in [0.15, 0.2) is 24.3 Å². The minimum Gasteiger partial charge on any atom is -0.497 e. The molecule has 0 amide bonds. The Morgan fingerprint density at radius 1 is 1.24 bits per heavy atom. The van der Waals surface area contributed by atoms with Crippen molar-refractivity contribution >= 4 is 10.0 Å². The molecule has 0 saturated heterocycles. The summed E-state index contributed by atoms with van der Waals surface area (Å²) in [6.45, 7) is 5.29. The van der Waals surface area contributed by atoms with Crippen molar-refractivity contribution in [3.05, 3.63) is 29.8 Å². The number of ether oxygens (including phenoxy) is 1. The van der Waals surface area contributed by atoms with Crippen LogP contribution in [0.3, 0.4) is 0 Å². The van der Waals surface area contributed by atoms with Gasteiger partial charge in [-0.3, -0.25) is 0 Å². The quantitative estimate of drug-likeness (QED) is 0.876. The highest BCUT2D eigenvalue weighted by atomic mass is 32.2. The Morgan fingerprint density at radius 3 is 2.18 bits per heavy atom. The molecule has 1 aromatic carbocycles. The first-order valence-corrected chi connectivity index (χ1v) is 7.12. The van der Waals surface area contributed by atoms with Crippen molar-refractivity contribution in [1.82, 2.24) is 4.72 Å². The van der Waals surface area contributed by atoms with E-state index in [-0.39, 0.29) is 5.75 Å². The lowest BCUT2D eigenvalue weighted by Crippen LogP contribution is -2.41. The van der Waals surface area contributed by atoms with Crippen LogP contribution in [0.4, 0.5) is 0 Å². The summed E-state index contributed by atoms with van der Waals surface area (Å²) >= 11 is 0. The Balaban J connectivity index is 2.96. The average molecular weight is 257 g/mol. The van der Waals surface area contributed by atoms with Crippen LogP contribution in [-0.4, -0.2) is 21.3 Å². The predicted octanol–water partition coefficient (Wildman–Crippen LogP) is 1.87. The molecule has 0 aliphatic carbocycles. The van der Waals surface area contributed by atoms with Gasteiger partial charge in [0.05, 0.1) is 18.4 Å². The van der Waals surface area contributed by atoms with Gasteiger partial charge in [0.15, 0.2) is 0 Å². The second-order valence-corrected chi connectivity index (χ2v) is 6.37. The van der Waals surface area contributed by atoms with Gasteiger partial charge in [-0.1, -0.05) is 12.1 Å². The zero-order chi connectivity index (χ0) is 13.1. The second kappa shape index (κ2) is 5.06. The number of nitrogens with one attached hydrogen (secondary N) is 1. The minimum absolute atomic E-state index is 0.0760. The third kappa shape index (κ3) is 3.71. The van der Waals surface area contributed by atoms with Gasteiger partial charge in [0.2, 0.25) is 10.0 Å². The molecule has 96 valence electrons. The van der Waals surface area contributed by atoms with Gasteiger partial charge in [-0.05, 0) is 38.5 Å². The molecule has 1 aromatic rings. The summed E-state index contributed by atoms with van der Waals surface area (Å²) in [7, 11) is -1.63. The molecule has 0 fully saturated rings. The summed E-state index contributed by atoms with van der Waals surface area (Å²) in [5.41, 5.74) is 0.275. The molecule has 0 bridgehead atoms. The Morgan fingerprint density at radius 2 is 1.76 bits per heavy atom. The fourth-order valence-corrected chi connectivity index (χ4v) is 2.57. The fourth-order valence-electron chi connectivity index (χ4n) is 1.53. The molecular formula is C12H19NO3S. The van der Waals surface area contributed by atoms with Gasteiger partial charge in [-0.25, -0.2) is 13.1 Å². The molecular weight excluding hydrogens is 238 g/mol. The van der Waals surface area contributed by atoms with Gasteiger partial charge >= 0.3 is 0 Å². The van der Waals surface area contributed by atoms with Crippen LogP contribution in [0, 0.1) is 0 Å². The summed E-state index contributed by atoms with van der Waals surface area (Å²) < 4.78 is 30.9. The highest BCUT2D eigenvalue weighted by Crippen LogP contribution is 2.23. The Bertz CT molecular complexity index is 463. The summed E-state index contributed by atoms with van der Waals surface area (Å²) in [5.74, 6) is 0.829. The zero-order valence-corrected chi connectivity index (χ0v) is 11.5. The average Bonchev–Trinajstić information content (AvgIpc) is 2.28. The van der Waals surface area contributed by atoms with E-state index in [1.807, 2.05) is 38.1 Å². The Hall–Kier alpha value is -1.07. The van der Waals surface area contributed by atoms with Crippen molar-refractivity contribution in [2.45, 2.75) is 26.3 Å². The first-order chi connectivity index (χ1) is 7.80. The molecule has 0 spiro atoms. The molecule has 0 saturated carbocycles. The predicted molar refractivity (Wildman–Crippen MR) is 68.6 cm³/mol. The number of methoxy groups -OCH3 is 1. The maximum atomic E-state index is 11.6. The van der Waals surface area contributed by atoms with Crippen molar-refractivity contribution < 1.29 is 13.2 Å². The Labute approximate surface area is 103 Å². The third-order valence-electron chi connectivity index (χ3n) is 2.60. The summed E-state index contributed by atoms with van der Waals surface area (Å²) in [4.78, 5) is 0. The van der Waals surface area contributed by atoms with Crippen molar-refractivity contribution in [3.63, 3.8) is 0 Å². The lowest BCUT2D eigenvalue weighted by molar-refractivity contribution is 0.413. The van der Waals surface area contributed by atoms with Crippen molar-refractivity contribution in [1.29, 1.82) is 0 Å². The fraction of sp³-hybridized carbons (Fsp3) is 0.500. The normalized spacial score (nSPS) is 12.5. The van der Waals surface area contributed by atoms with Crippen molar-refractivity contribution in [3.8, 4) is 5.75 Å². The van der Waals surface area contributed by atoms with E-state index in [4.69, 9.17) is 4.74 Å². The highest BCUT2D eigenvalue weighted by molar-refractivity contribution is 7.89. The topological polar surface area (TPSA) is 55.4 Å². The first-order valence-electron chi connectivity index (χ1n) is 5.47. The molecule has 0 aliphatic rings. The van der Waals surface area contributed by atoms with Gasteiger partial charge in [-0.15, -0.1) is 0 Å². The molecule has 0 aromatic heterocycles. The van der Waals surface area contributed by atoms with Crippen LogP contribution in [0.25, 0.3) is 0 Å². The van der Waals surface area contributed by atoms with E-state index in [1.165, 1.54) is 0 Å². The summed E-state index contributed by atoms with van der Waals surface area (Å²) in [6.07, 6.45) is 0. The molecule has 5 heteroatoms. The lowest BCUT2D eigenvalue weighted by Gasteiger charge is -2.26. The molecule has 4 nitrogen and oxygen atoms in total. The SMILES string of the molecule is CCS(=O)(=O)NC(C)(C)c1ccc(OC)cc1. The standard InChI is InChI=1S/C12H19NO3S/c1-5-17(14,15)13-12(2,3)10-6-8-11(16-4)9-7-10/h6-9,13H,5H2,1-4H3. The molecule has 17 heavy (non-hydrogen) atoms. The number of hydrogen-bond donors (Lipinski definition) is 1. The number of rotatable bonds is 5. The van der Waals surface area contributed by atoms with Crippen molar-refractivity contribution in [2.75, 3.05) is 12.9 Å². The molecule has 0 atom stereocenters. The van der Waals surface area contributed by atoms with Gasteiger partial charge in [0.1, 0.15) is 5.75 Å². The van der Waals surface area contributed by atoms with E-state index >= 15 is 0 Å². The lowest BCUT2D eigenvalue weighted by atomic mass is 9.96. The minimum atomic E-state index is -3.22. The highest BCUT2D eigenvalue weighted by Gasteiger charge is 2.25. The van der Waals surface area contributed by atoms with Crippen LogP contribution in [0.2, 0.25) is 0 Å². The molecule has 1 N–H and O–H groups in total. The van der Waals surface area contributed by atoms with Gasteiger partial charge < -0.3 is 4.74 Å². The molecule has 0 radical (unpaired) electrons.